The van der Waals surface area contributed by atoms with Crippen molar-refractivity contribution in [3.63, 3.8) is 0 Å². The fraction of sp³-hybridized carbons (Fsp3) is 0.455. The Labute approximate surface area is 117 Å². The minimum absolute atomic E-state index is 0.0294. The van der Waals surface area contributed by atoms with Crippen LogP contribution in [0.15, 0.2) is 21.2 Å². The Balaban J connectivity index is 2.69. The number of carboxylic acids is 1. The van der Waals surface area contributed by atoms with Crippen molar-refractivity contribution in [1.82, 2.24) is 10.3 Å². The third kappa shape index (κ3) is 4.37. The number of carboxylic acid groups (broad SMARTS) is 1. The Morgan fingerprint density at radius 3 is 2.65 bits per heavy atom. The molecule has 0 unspecified atom stereocenters. The van der Waals surface area contributed by atoms with E-state index in [4.69, 9.17) is 5.11 Å². The number of rotatable bonds is 5. The molecule has 0 saturated carbocycles. The molecule has 0 aromatic carbocycles. The van der Waals surface area contributed by atoms with Crippen molar-refractivity contribution >= 4 is 37.8 Å². The monoisotopic (exact) mass is 364 g/mol. The molecule has 0 aliphatic rings. The maximum atomic E-state index is 11.0. The first-order valence-corrected chi connectivity index (χ1v) is 6.76. The normalized spacial score (nSPS) is 12.8. The Bertz CT molecular complexity index is 410. The van der Waals surface area contributed by atoms with E-state index in [0.717, 1.165) is 14.6 Å². The second-order valence-corrected chi connectivity index (χ2v) is 5.79. The van der Waals surface area contributed by atoms with Gasteiger partial charge in [0, 0.05) is 21.7 Å². The lowest BCUT2D eigenvalue weighted by atomic mass is 10.0. The highest BCUT2D eigenvalue weighted by atomic mass is 79.9. The molecule has 0 saturated heterocycles. The Kier molecular flexibility index (Phi) is 5.55. The summed E-state index contributed by atoms with van der Waals surface area (Å²) in [5.74, 6) is -0.810. The fourth-order valence-electron chi connectivity index (χ4n) is 1.39. The molecule has 4 nitrogen and oxygen atoms in total. The first kappa shape index (κ1) is 14.6. The number of pyridine rings is 1. The molecule has 1 aromatic heterocycles. The lowest BCUT2D eigenvalue weighted by Crippen LogP contribution is -2.40. The molecule has 6 heteroatoms. The van der Waals surface area contributed by atoms with Gasteiger partial charge in [0.25, 0.3) is 0 Å². The largest absolute Gasteiger partial charge is 0.480 e. The number of hydrogen-bond acceptors (Lipinski definition) is 3. The van der Waals surface area contributed by atoms with E-state index in [1.165, 1.54) is 0 Å². The summed E-state index contributed by atoms with van der Waals surface area (Å²) < 4.78 is 1.74. The van der Waals surface area contributed by atoms with Crippen LogP contribution >= 0.6 is 31.9 Å². The molecule has 1 rings (SSSR count). The summed E-state index contributed by atoms with van der Waals surface area (Å²) >= 11 is 6.71. The van der Waals surface area contributed by atoms with E-state index in [0.29, 0.717) is 6.54 Å². The van der Waals surface area contributed by atoms with E-state index in [2.05, 4.69) is 42.2 Å². The molecule has 1 atom stereocenters. The van der Waals surface area contributed by atoms with Crippen molar-refractivity contribution in [2.75, 3.05) is 0 Å². The molecule has 1 heterocycles. The second kappa shape index (κ2) is 6.47. The van der Waals surface area contributed by atoms with E-state index in [1.54, 1.807) is 6.20 Å². The van der Waals surface area contributed by atoms with Gasteiger partial charge >= 0.3 is 5.97 Å². The van der Waals surface area contributed by atoms with Gasteiger partial charge in [-0.3, -0.25) is 15.1 Å². The molecule has 94 valence electrons. The number of nitrogens with zero attached hydrogens (tertiary/aromatic N) is 1. The Morgan fingerprint density at radius 1 is 1.53 bits per heavy atom. The number of nitrogens with one attached hydrogen (secondary N) is 1. The lowest BCUT2D eigenvalue weighted by molar-refractivity contribution is -0.140. The first-order chi connectivity index (χ1) is 7.91. The maximum Gasteiger partial charge on any atom is 0.320 e. The van der Waals surface area contributed by atoms with Crippen molar-refractivity contribution in [2.45, 2.75) is 26.4 Å². The average molecular weight is 366 g/mol. The second-order valence-electron chi connectivity index (χ2n) is 4.02. The van der Waals surface area contributed by atoms with Gasteiger partial charge in [-0.1, -0.05) is 13.8 Å². The smallest absolute Gasteiger partial charge is 0.320 e. The summed E-state index contributed by atoms with van der Waals surface area (Å²) in [6.07, 6.45) is 1.69. The Hall–Kier alpha value is -0.460. The number of hydrogen-bond donors (Lipinski definition) is 2. The molecule has 0 aliphatic heterocycles. The summed E-state index contributed by atoms with van der Waals surface area (Å²) in [6, 6.07) is 1.32. The summed E-state index contributed by atoms with van der Waals surface area (Å²) in [5, 5.41) is 12.0. The van der Waals surface area contributed by atoms with Gasteiger partial charge in [-0.15, -0.1) is 0 Å². The van der Waals surface area contributed by atoms with Crippen LogP contribution in [0.5, 0.6) is 0 Å². The van der Waals surface area contributed by atoms with Gasteiger partial charge in [0.15, 0.2) is 0 Å². The van der Waals surface area contributed by atoms with Gasteiger partial charge in [-0.05, 0) is 43.8 Å². The molecule has 0 amide bonds. The van der Waals surface area contributed by atoms with Gasteiger partial charge in [-0.25, -0.2) is 0 Å². The van der Waals surface area contributed by atoms with Crippen molar-refractivity contribution in [2.24, 2.45) is 5.92 Å². The SMILES string of the molecule is CC(C)[C@@H](NCc1ncc(Br)cc1Br)C(=O)O. The van der Waals surface area contributed by atoms with Gasteiger partial charge < -0.3 is 5.11 Å². The van der Waals surface area contributed by atoms with Crippen LogP contribution < -0.4 is 5.32 Å². The number of aromatic nitrogens is 1. The summed E-state index contributed by atoms with van der Waals surface area (Å²) in [7, 11) is 0. The minimum Gasteiger partial charge on any atom is -0.480 e. The average Bonchev–Trinajstić information content (AvgIpc) is 2.20. The standard InChI is InChI=1S/C11H14Br2N2O2/c1-6(2)10(11(16)17)15-5-9-8(13)3-7(12)4-14-9/h3-4,6,10,15H,5H2,1-2H3,(H,16,17)/t10-/m1/s1. The van der Waals surface area contributed by atoms with Crippen LogP contribution in [-0.4, -0.2) is 22.1 Å². The van der Waals surface area contributed by atoms with Crippen molar-refractivity contribution < 1.29 is 9.90 Å². The van der Waals surface area contributed by atoms with Crippen LogP contribution in [0.3, 0.4) is 0 Å². The van der Waals surface area contributed by atoms with Gasteiger partial charge in [-0.2, -0.15) is 0 Å². The highest BCUT2D eigenvalue weighted by molar-refractivity contribution is 9.11. The molecule has 2 N–H and O–H groups in total. The molecule has 0 fully saturated rings. The number of carbonyl (C=O) groups is 1. The third-order valence-corrected chi connectivity index (χ3v) is 3.43. The molecular weight excluding hydrogens is 352 g/mol. The van der Waals surface area contributed by atoms with E-state index in [-0.39, 0.29) is 5.92 Å². The van der Waals surface area contributed by atoms with Crippen LogP contribution in [0.4, 0.5) is 0 Å². The topological polar surface area (TPSA) is 62.2 Å². The zero-order valence-corrected chi connectivity index (χ0v) is 12.7. The van der Waals surface area contributed by atoms with Crippen molar-refractivity contribution in [3.8, 4) is 0 Å². The Morgan fingerprint density at radius 2 is 2.18 bits per heavy atom. The molecular formula is C11H14Br2N2O2. The van der Waals surface area contributed by atoms with Crippen LogP contribution in [-0.2, 0) is 11.3 Å². The zero-order chi connectivity index (χ0) is 13.0. The molecule has 17 heavy (non-hydrogen) atoms. The van der Waals surface area contributed by atoms with E-state index in [1.807, 2.05) is 19.9 Å². The van der Waals surface area contributed by atoms with Crippen molar-refractivity contribution in [3.05, 3.63) is 26.9 Å². The van der Waals surface area contributed by atoms with Crippen LogP contribution in [0, 0.1) is 5.92 Å². The minimum atomic E-state index is -0.840. The van der Waals surface area contributed by atoms with Gasteiger partial charge in [0.05, 0.1) is 5.69 Å². The van der Waals surface area contributed by atoms with Crippen LogP contribution in [0.1, 0.15) is 19.5 Å². The van der Waals surface area contributed by atoms with Gasteiger partial charge in [0.2, 0.25) is 0 Å². The predicted molar refractivity (Wildman–Crippen MR) is 72.7 cm³/mol. The molecule has 0 spiro atoms. The molecule has 0 radical (unpaired) electrons. The predicted octanol–water partition coefficient (Wildman–Crippen LogP) is 2.81. The van der Waals surface area contributed by atoms with E-state index < -0.39 is 12.0 Å². The van der Waals surface area contributed by atoms with E-state index in [9.17, 15) is 4.79 Å². The van der Waals surface area contributed by atoms with Crippen LogP contribution in [0.2, 0.25) is 0 Å². The first-order valence-electron chi connectivity index (χ1n) is 5.18. The van der Waals surface area contributed by atoms with E-state index >= 15 is 0 Å². The quantitative estimate of drug-likeness (QED) is 0.842. The summed E-state index contributed by atoms with van der Waals surface area (Å²) in [6.45, 7) is 4.16. The third-order valence-electron chi connectivity index (χ3n) is 2.31. The summed E-state index contributed by atoms with van der Waals surface area (Å²) in [4.78, 5) is 15.2. The highest BCUT2D eigenvalue weighted by Gasteiger charge is 2.20. The molecule has 0 bridgehead atoms. The van der Waals surface area contributed by atoms with Gasteiger partial charge in [0.1, 0.15) is 6.04 Å². The molecule has 1 aromatic rings. The number of aliphatic carboxylic acids is 1. The maximum absolute atomic E-state index is 11.0. The fourth-order valence-corrected chi connectivity index (χ4v) is 2.52. The highest BCUT2D eigenvalue weighted by Crippen LogP contribution is 2.19. The van der Waals surface area contributed by atoms with Crippen molar-refractivity contribution in [1.29, 1.82) is 0 Å². The zero-order valence-electron chi connectivity index (χ0n) is 9.58. The lowest BCUT2D eigenvalue weighted by Gasteiger charge is -2.17. The summed E-state index contributed by atoms with van der Waals surface area (Å²) in [5.41, 5.74) is 0.792. The number of halogens is 2. The molecule has 0 aliphatic carbocycles. The van der Waals surface area contributed by atoms with Crippen LogP contribution in [0.25, 0.3) is 0 Å².